The number of hydrogen-bond donors (Lipinski definition) is 0. The van der Waals surface area contributed by atoms with E-state index in [1.54, 1.807) is 24.3 Å². The van der Waals surface area contributed by atoms with Crippen LogP contribution < -0.4 is 10.1 Å². The molecule has 2 aromatic carbocycles. The summed E-state index contributed by atoms with van der Waals surface area (Å²) in [6, 6.07) is 14.7. The third kappa shape index (κ3) is 3.55. The van der Waals surface area contributed by atoms with Crippen LogP contribution >= 0.6 is 34.5 Å². The molecule has 26 heavy (non-hydrogen) atoms. The molecule has 0 saturated heterocycles. The number of nitrogens with zero attached hydrogens (tertiary/aromatic N) is 3. The molecule has 128 valence electrons. The third-order valence-corrected chi connectivity index (χ3v) is 5.09. The molecule has 2 aromatic heterocycles. The van der Waals surface area contributed by atoms with Crippen LogP contribution in [0.1, 0.15) is 17.0 Å². The van der Waals surface area contributed by atoms with Crippen LogP contribution in [0.3, 0.4) is 0 Å². The van der Waals surface area contributed by atoms with Crippen LogP contribution in [-0.4, -0.2) is 14.6 Å². The Bertz CT molecular complexity index is 1230. The Hall–Kier alpha value is -2.47. The minimum absolute atomic E-state index is 0.191. The first kappa shape index (κ1) is 17.0. The number of fused-ring (bicyclic) bond motifs is 1. The number of thiazole rings is 1. The van der Waals surface area contributed by atoms with Crippen molar-refractivity contribution in [3.05, 3.63) is 90.4 Å². The minimum Gasteiger partial charge on any atom is -0.266 e. The molecule has 0 unspecified atom stereocenters. The lowest BCUT2D eigenvalue weighted by Gasteiger charge is -1.92. The van der Waals surface area contributed by atoms with E-state index in [9.17, 15) is 4.79 Å². The molecule has 0 amide bonds. The summed E-state index contributed by atoms with van der Waals surface area (Å²) in [6.45, 7) is 0. The maximum Gasteiger partial charge on any atom is 0.291 e. The summed E-state index contributed by atoms with van der Waals surface area (Å²) in [5, 5.41) is 5.58. The van der Waals surface area contributed by atoms with Gasteiger partial charge in [0.2, 0.25) is 4.96 Å². The average Bonchev–Trinajstić information content (AvgIpc) is 3.14. The van der Waals surface area contributed by atoms with Gasteiger partial charge in [0.1, 0.15) is 0 Å². The van der Waals surface area contributed by atoms with Gasteiger partial charge in [-0.2, -0.15) is 9.50 Å². The second kappa shape index (κ2) is 7.03. The fraction of sp³-hybridized carbons (Fsp3) is 0. The first-order chi connectivity index (χ1) is 12.6. The Morgan fingerprint density at radius 1 is 0.962 bits per heavy atom. The van der Waals surface area contributed by atoms with Gasteiger partial charge >= 0.3 is 0 Å². The van der Waals surface area contributed by atoms with Crippen molar-refractivity contribution in [2.45, 2.75) is 0 Å². The SMILES string of the molecule is O=c1/c(=C\c2cccc(Cl)c2)sc2nc(/C=C/c3ccc(Cl)cc3)nn12. The van der Waals surface area contributed by atoms with Gasteiger partial charge in [0.25, 0.3) is 5.56 Å². The number of aromatic nitrogens is 3. The Morgan fingerprint density at radius 3 is 2.50 bits per heavy atom. The number of benzene rings is 2. The molecule has 0 aliphatic carbocycles. The molecule has 2 heterocycles. The quantitative estimate of drug-likeness (QED) is 0.519. The van der Waals surface area contributed by atoms with E-state index >= 15 is 0 Å². The molecule has 0 saturated carbocycles. The zero-order valence-electron chi connectivity index (χ0n) is 13.3. The normalized spacial score (nSPS) is 12.5. The van der Waals surface area contributed by atoms with Crippen molar-refractivity contribution in [1.82, 2.24) is 14.6 Å². The van der Waals surface area contributed by atoms with Crippen molar-refractivity contribution in [2.75, 3.05) is 0 Å². The highest BCUT2D eigenvalue weighted by Gasteiger charge is 2.08. The second-order valence-corrected chi connectivity index (χ2v) is 7.40. The number of rotatable bonds is 3. The minimum atomic E-state index is -0.191. The van der Waals surface area contributed by atoms with E-state index in [2.05, 4.69) is 10.1 Å². The van der Waals surface area contributed by atoms with E-state index in [1.807, 2.05) is 42.5 Å². The van der Waals surface area contributed by atoms with Crippen molar-refractivity contribution < 1.29 is 0 Å². The van der Waals surface area contributed by atoms with Crippen LogP contribution in [0, 0.1) is 0 Å². The van der Waals surface area contributed by atoms with Gasteiger partial charge < -0.3 is 0 Å². The van der Waals surface area contributed by atoms with E-state index in [0.717, 1.165) is 11.1 Å². The molecule has 0 aliphatic heterocycles. The van der Waals surface area contributed by atoms with Gasteiger partial charge in [-0.25, -0.2) is 0 Å². The highest BCUT2D eigenvalue weighted by Crippen LogP contribution is 2.13. The van der Waals surface area contributed by atoms with Crippen LogP contribution in [0.2, 0.25) is 10.0 Å². The predicted molar refractivity (Wildman–Crippen MR) is 108 cm³/mol. The average molecular weight is 400 g/mol. The van der Waals surface area contributed by atoms with Crippen molar-refractivity contribution in [3.8, 4) is 0 Å². The van der Waals surface area contributed by atoms with Crippen LogP contribution in [-0.2, 0) is 0 Å². The Kier molecular flexibility index (Phi) is 4.59. The molecule has 7 heteroatoms. The molecule has 0 atom stereocenters. The molecule has 0 spiro atoms. The van der Waals surface area contributed by atoms with Crippen LogP contribution in [0.25, 0.3) is 23.2 Å². The van der Waals surface area contributed by atoms with E-state index in [1.165, 1.54) is 15.9 Å². The lowest BCUT2D eigenvalue weighted by atomic mass is 10.2. The van der Waals surface area contributed by atoms with Crippen LogP contribution in [0.5, 0.6) is 0 Å². The van der Waals surface area contributed by atoms with Gasteiger partial charge in [-0.3, -0.25) is 4.79 Å². The maximum atomic E-state index is 12.5. The van der Waals surface area contributed by atoms with Gasteiger partial charge in [0.15, 0.2) is 5.82 Å². The Balaban J connectivity index is 1.67. The lowest BCUT2D eigenvalue weighted by Crippen LogP contribution is -2.23. The smallest absolute Gasteiger partial charge is 0.266 e. The lowest BCUT2D eigenvalue weighted by molar-refractivity contribution is 0.925. The summed E-state index contributed by atoms with van der Waals surface area (Å²) in [6.07, 6.45) is 5.43. The molecule has 0 radical (unpaired) electrons. The van der Waals surface area contributed by atoms with Crippen molar-refractivity contribution in [3.63, 3.8) is 0 Å². The zero-order valence-corrected chi connectivity index (χ0v) is 15.6. The first-order valence-corrected chi connectivity index (χ1v) is 9.26. The van der Waals surface area contributed by atoms with E-state index in [4.69, 9.17) is 23.2 Å². The zero-order chi connectivity index (χ0) is 18.1. The van der Waals surface area contributed by atoms with Gasteiger partial charge in [-0.1, -0.05) is 64.9 Å². The highest BCUT2D eigenvalue weighted by atomic mass is 35.5. The molecular weight excluding hydrogens is 389 g/mol. The summed E-state index contributed by atoms with van der Waals surface area (Å²) in [5.74, 6) is 0.484. The van der Waals surface area contributed by atoms with Gasteiger partial charge in [-0.15, -0.1) is 5.10 Å². The maximum absolute atomic E-state index is 12.5. The van der Waals surface area contributed by atoms with Crippen molar-refractivity contribution in [1.29, 1.82) is 0 Å². The van der Waals surface area contributed by atoms with E-state index < -0.39 is 0 Å². The topological polar surface area (TPSA) is 47.3 Å². The molecular formula is C19H11Cl2N3OS. The first-order valence-electron chi connectivity index (χ1n) is 7.69. The van der Waals surface area contributed by atoms with Crippen LogP contribution in [0.4, 0.5) is 0 Å². The van der Waals surface area contributed by atoms with Crippen LogP contribution in [0.15, 0.2) is 53.3 Å². The molecule has 0 N–H and O–H groups in total. The number of halogens is 2. The van der Waals surface area contributed by atoms with Gasteiger partial charge in [0.05, 0.1) is 4.53 Å². The molecule has 4 nitrogen and oxygen atoms in total. The molecule has 0 fully saturated rings. The fourth-order valence-electron chi connectivity index (χ4n) is 2.41. The van der Waals surface area contributed by atoms with Gasteiger partial charge in [0, 0.05) is 10.0 Å². The Morgan fingerprint density at radius 2 is 1.77 bits per heavy atom. The summed E-state index contributed by atoms with van der Waals surface area (Å²) in [7, 11) is 0. The number of hydrogen-bond acceptors (Lipinski definition) is 4. The van der Waals surface area contributed by atoms with Gasteiger partial charge in [-0.05, 0) is 47.5 Å². The van der Waals surface area contributed by atoms with E-state index in [-0.39, 0.29) is 5.56 Å². The van der Waals surface area contributed by atoms with Crippen molar-refractivity contribution >= 4 is 57.7 Å². The highest BCUT2D eigenvalue weighted by molar-refractivity contribution is 7.15. The van der Waals surface area contributed by atoms with E-state index in [0.29, 0.717) is 25.4 Å². The summed E-state index contributed by atoms with van der Waals surface area (Å²) in [5.41, 5.74) is 1.65. The third-order valence-electron chi connectivity index (χ3n) is 3.64. The molecule has 4 rings (SSSR count). The second-order valence-electron chi connectivity index (χ2n) is 5.52. The largest absolute Gasteiger partial charge is 0.291 e. The summed E-state index contributed by atoms with van der Waals surface area (Å²) in [4.78, 5) is 17.5. The predicted octanol–water partition coefficient (Wildman–Crippen LogP) is 4.18. The Labute approximate surface area is 162 Å². The van der Waals surface area contributed by atoms with Crippen molar-refractivity contribution in [2.24, 2.45) is 0 Å². The monoisotopic (exact) mass is 399 g/mol. The molecule has 0 aliphatic rings. The summed E-state index contributed by atoms with van der Waals surface area (Å²) >= 11 is 13.2. The summed E-state index contributed by atoms with van der Waals surface area (Å²) < 4.78 is 1.89. The molecule has 0 bridgehead atoms. The molecule has 4 aromatic rings. The fourth-order valence-corrected chi connectivity index (χ4v) is 3.65. The standard InChI is InChI=1S/C19H11Cl2N3OS/c20-14-7-4-12(5-8-14)6-9-17-22-19-24(23-17)18(25)16(26-19)11-13-2-1-3-15(21)10-13/h1-11H/b9-6+,16-11+.